The zero-order valence-electron chi connectivity index (χ0n) is 10.9. The molecule has 94 valence electrons. The van der Waals surface area contributed by atoms with Gasteiger partial charge in [-0.25, -0.2) is 4.98 Å². The second-order valence-corrected chi connectivity index (χ2v) is 3.90. The van der Waals surface area contributed by atoms with E-state index in [2.05, 4.69) is 21.6 Å². The Kier molecular flexibility index (Phi) is 4.87. The second-order valence-electron chi connectivity index (χ2n) is 3.90. The zero-order chi connectivity index (χ0) is 12.8. The number of hydrogen-bond donors (Lipinski definition) is 0. The molecule has 5 nitrogen and oxygen atoms in total. The summed E-state index contributed by atoms with van der Waals surface area (Å²) in [5.74, 6) is 0.457. The van der Waals surface area contributed by atoms with E-state index in [4.69, 9.17) is 0 Å². The van der Waals surface area contributed by atoms with E-state index in [0.717, 1.165) is 30.2 Å². The lowest BCUT2D eigenvalue weighted by atomic mass is 10.3. The van der Waals surface area contributed by atoms with E-state index >= 15 is 0 Å². The Bertz CT molecular complexity index is 393. The maximum Gasteiger partial charge on any atom is 0.325 e. The average Bonchev–Trinajstić information content (AvgIpc) is 2.32. The van der Waals surface area contributed by atoms with E-state index in [0.29, 0.717) is 0 Å². The molecule has 0 saturated carbocycles. The maximum atomic E-state index is 11.3. The SMILES string of the molecule is CCCN(CC(=O)OC)c1cnc(C)c(C)n1. The van der Waals surface area contributed by atoms with Crippen LogP contribution in [-0.2, 0) is 9.53 Å². The highest BCUT2D eigenvalue weighted by Crippen LogP contribution is 2.12. The maximum absolute atomic E-state index is 11.3. The van der Waals surface area contributed by atoms with Crippen LogP contribution < -0.4 is 4.90 Å². The number of aryl methyl sites for hydroxylation is 2. The van der Waals surface area contributed by atoms with Gasteiger partial charge in [-0.05, 0) is 20.3 Å². The van der Waals surface area contributed by atoms with Gasteiger partial charge in [0.1, 0.15) is 12.4 Å². The molecule has 0 aliphatic rings. The number of anilines is 1. The molecule has 1 aromatic heterocycles. The minimum Gasteiger partial charge on any atom is -0.468 e. The van der Waals surface area contributed by atoms with Crippen LogP contribution in [0.2, 0.25) is 0 Å². The van der Waals surface area contributed by atoms with E-state index in [1.807, 2.05) is 18.7 Å². The van der Waals surface area contributed by atoms with Crippen LogP contribution in [0.15, 0.2) is 6.20 Å². The van der Waals surface area contributed by atoms with Crippen LogP contribution >= 0.6 is 0 Å². The van der Waals surface area contributed by atoms with E-state index in [9.17, 15) is 4.79 Å². The van der Waals surface area contributed by atoms with Gasteiger partial charge in [0.25, 0.3) is 0 Å². The molecule has 0 aromatic carbocycles. The Labute approximate surface area is 102 Å². The number of nitrogens with zero attached hydrogens (tertiary/aromatic N) is 3. The monoisotopic (exact) mass is 237 g/mol. The third-order valence-electron chi connectivity index (χ3n) is 2.54. The summed E-state index contributed by atoms with van der Waals surface area (Å²) in [4.78, 5) is 21.9. The first-order valence-corrected chi connectivity index (χ1v) is 5.70. The first-order chi connectivity index (χ1) is 8.08. The lowest BCUT2D eigenvalue weighted by Gasteiger charge is -2.21. The van der Waals surface area contributed by atoms with Gasteiger partial charge in [0.2, 0.25) is 0 Å². The van der Waals surface area contributed by atoms with Crippen molar-refractivity contribution in [1.29, 1.82) is 0 Å². The number of rotatable bonds is 5. The molecule has 0 aliphatic carbocycles. The second kappa shape index (κ2) is 6.18. The summed E-state index contributed by atoms with van der Waals surface area (Å²) in [5.41, 5.74) is 1.79. The van der Waals surface area contributed by atoms with Crippen molar-refractivity contribution in [1.82, 2.24) is 9.97 Å². The molecule has 0 saturated heterocycles. The van der Waals surface area contributed by atoms with Gasteiger partial charge in [0.05, 0.1) is 24.7 Å². The molecular formula is C12H19N3O2. The number of aromatic nitrogens is 2. The van der Waals surface area contributed by atoms with Gasteiger partial charge in [0, 0.05) is 6.54 Å². The number of ether oxygens (including phenoxy) is 1. The van der Waals surface area contributed by atoms with E-state index in [1.165, 1.54) is 7.11 Å². The highest BCUT2D eigenvalue weighted by molar-refractivity contribution is 5.75. The van der Waals surface area contributed by atoms with Crippen LogP contribution in [0.3, 0.4) is 0 Å². The van der Waals surface area contributed by atoms with Crippen LogP contribution in [0.5, 0.6) is 0 Å². The summed E-state index contributed by atoms with van der Waals surface area (Å²) in [6.45, 7) is 6.84. The Morgan fingerprint density at radius 2 is 2.12 bits per heavy atom. The molecule has 0 atom stereocenters. The third-order valence-corrected chi connectivity index (χ3v) is 2.54. The summed E-state index contributed by atoms with van der Waals surface area (Å²) in [6, 6.07) is 0. The fraction of sp³-hybridized carbons (Fsp3) is 0.583. The zero-order valence-corrected chi connectivity index (χ0v) is 10.9. The van der Waals surface area contributed by atoms with Crippen molar-refractivity contribution in [3.63, 3.8) is 0 Å². The molecule has 0 amide bonds. The van der Waals surface area contributed by atoms with Crippen molar-refractivity contribution >= 4 is 11.8 Å². The van der Waals surface area contributed by atoms with E-state index in [1.54, 1.807) is 6.20 Å². The Balaban J connectivity index is 2.88. The molecule has 17 heavy (non-hydrogen) atoms. The molecule has 1 aromatic rings. The summed E-state index contributed by atoms with van der Waals surface area (Å²) < 4.78 is 4.67. The number of hydrogen-bond acceptors (Lipinski definition) is 5. The molecule has 0 aliphatic heterocycles. The predicted molar refractivity (Wildman–Crippen MR) is 66.0 cm³/mol. The fourth-order valence-corrected chi connectivity index (χ4v) is 1.45. The van der Waals surface area contributed by atoms with Gasteiger partial charge in [-0.1, -0.05) is 6.92 Å². The van der Waals surface area contributed by atoms with Crippen molar-refractivity contribution in [3.05, 3.63) is 17.6 Å². The normalized spacial score (nSPS) is 10.1. The number of carbonyl (C=O) groups excluding carboxylic acids is 1. The molecule has 0 N–H and O–H groups in total. The largest absolute Gasteiger partial charge is 0.468 e. The van der Waals surface area contributed by atoms with Crippen molar-refractivity contribution in [3.8, 4) is 0 Å². The molecule has 0 bridgehead atoms. The van der Waals surface area contributed by atoms with Gasteiger partial charge >= 0.3 is 5.97 Å². The van der Waals surface area contributed by atoms with E-state index in [-0.39, 0.29) is 12.5 Å². The highest BCUT2D eigenvalue weighted by atomic mass is 16.5. The standard InChI is InChI=1S/C12H19N3O2/c1-5-6-15(8-12(16)17-4)11-7-13-9(2)10(3)14-11/h7H,5-6,8H2,1-4H3. The van der Waals surface area contributed by atoms with E-state index < -0.39 is 0 Å². The van der Waals surface area contributed by atoms with Gasteiger partial charge in [-0.3, -0.25) is 9.78 Å². The first-order valence-electron chi connectivity index (χ1n) is 5.70. The smallest absolute Gasteiger partial charge is 0.325 e. The molecule has 5 heteroatoms. The van der Waals surface area contributed by atoms with Crippen LogP contribution in [-0.4, -0.2) is 36.1 Å². The quantitative estimate of drug-likeness (QED) is 0.726. The van der Waals surface area contributed by atoms with Crippen molar-refractivity contribution in [2.45, 2.75) is 27.2 Å². The molecule has 0 fully saturated rings. The summed E-state index contributed by atoms with van der Waals surface area (Å²) in [5, 5.41) is 0. The Hall–Kier alpha value is -1.65. The van der Waals surface area contributed by atoms with Crippen LogP contribution in [0.4, 0.5) is 5.82 Å². The number of carbonyl (C=O) groups is 1. The fourth-order valence-electron chi connectivity index (χ4n) is 1.45. The number of methoxy groups -OCH3 is 1. The lowest BCUT2D eigenvalue weighted by Crippen LogP contribution is -2.32. The number of esters is 1. The summed E-state index contributed by atoms with van der Waals surface area (Å²) in [7, 11) is 1.39. The Morgan fingerprint density at radius 1 is 1.41 bits per heavy atom. The molecule has 0 spiro atoms. The topological polar surface area (TPSA) is 55.3 Å². The van der Waals surface area contributed by atoms with Gasteiger partial charge in [-0.15, -0.1) is 0 Å². The molecule has 0 radical (unpaired) electrons. The van der Waals surface area contributed by atoms with Crippen molar-refractivity contribution < 1.29 is 9.53 Å². The van der Waals surface area contributed by atoms with Gasteiger partial charge in [0.15, 0.2) is 0 Å². The minimum absolute atomic E-state index is 0.210. The Morgan fingerprint density at radius 3 is 2.65 bits per heavy atom. The van der Waals surface area contributed by atoms with Crippen molar-refractivity contribution in [2.24, 2.45) is 0 Å². The summed E-state index contributed by atoms with van der Waals surface area (Å²) in [6.07, 6.45) is 2.63. The molecule has 0 unspecified atom stereocenters. The summed E-state index contributed by atoms with van der Waals surface area (Å²) >= 11 is 0. The van der Waals surface area contributed by atoms with Crippen LogP contribution in [0.1, 0.15) is 24.7 Å². The van der Waals surface area contributed by atoms with Crippen LogP contribution in [0, 0.1) is 13.8 Å². The lowest BCUT2D eigenvalue weighted by molar-refractivity contribution is -0.138. The molecule has 1 heterocycles. The third kappa shape index (κ3) is 3.69. The van der Waals surface area contributed by atoms with Gasteiger partial charge in [-0.2, -0.15) is 0 Å². The molecule has 1 rings (SSSR count). The molecular weight excluding hydrogens is 218 g/mol. The predicted octanol–water partition coefficient (Wildman–Crippen LogP) is 1.48. The van der Waals surface area contributed by atoms with Gasteiger partial charge < -0.3 is 9.64 Å². The average molecular weight is 237 g/mol. The van der Waals surface area contributed by atoms with Crippen molar-refractivity contribution in [2.75, 3.05) is 25.1 Å². The first kappa shape index (κ1) is 13.4. The minimum atomic E-state index is -0.265. The highest BCUT2D eigenvalue weighted by Gasteiger charge is 2.13. The van der Waals surface area contributed by atoms with Crippen LogP contribution in [0.25, 0.3) is 0 Å².